The van der Waals surface area contributed by atoms with Crippen molar-refractivity contribution in [1.82, 2.24) is 14.8 Å². The Morgan fingerprint density at radius 3 is 2.89 bits per heavy atom. The molecule has 104 valence electrons. The highest BCUT2D eigenvalue weighted by molar-refractivity contribution is 6.32. The summed E-state index contributed by atoms with van der Waals surface area (Å²) in [7, 11) is 1.78. The molecule has 1 saturated heterocycles. The minimum absolute atomic E-state index is 0.135. The molecule has 19 heavy (non-hydrogen) atoms. The average Bonchev–Trinajstić information content (AvgIpc) is 2.91. The van der Waals surface area contributed by atoms with Gasteiger partial charge < -0.3 is 15.5 Å². The SMILES string of the molecule is CN(CCN1CCCC1)C(=O)c1cc(N)cnc1Cl. The van der Waals surface area contributed by atoms with Crippen molar-refractivity contribution < 1.29 is 4.79 Å². The molecule has 1 aliphatic rings. The second-order valence-electron chi connectivity index (χ2n) is 4.88. The fraction of sp³-hybridized carbons (Fsp3) is 0.538. The Balaban J connectivity index is 1.95. The minimum Gasteiger partial charge on any atom is -0.397 e. The van der Waals surface area contributed by atoms with Gasteiger partial charge in [0, 0.05) is 20.1 Å². The predicted molar refractivity (Wildman–Crippen MR) is 76.3 cm³/mol. The first-order valence-corrected chi connectivity index (χ1v) is 6.84. The molecule has 0 unspecified atom stereocenters. The van der Waals surface area contributed by atoms with Gasteiger partial charge in [-0.25, -0.2) is 4.98 Å². The zero-order valence-corrected chi connectivity index (χ0v) is 11.9. The summed E-state index contributed by atoms with van der Waals surface area (Å²) in [4.78, 5) is 20.2. The zero-order valence-electron chi connectivity index (χ0n) is 11.1. The number of nitrogens with two attached hydrogens (primary N) is 1. The van der Waals surface area contributed by atoms with Crippen molar-refractivity contribution in [2.75, 3.05) is 39.0 Å². The van der Waals surface area contributed by atoms with Crippen molar-refractivity contribution in [2.45, 2.75) is 12.8 Å². The largest absolute Gasteiger partial charge is 0.397 e. The Morgan fingerprint density at radius 1 is 1.53 bits per heavy atom. The van der Waals surface area contributed by atoms with Gasteiger partial charge in [-0.05, 0) is 32.0 Å². The Labute approximate surface area is 118 Å². The van der Waals surface area contributed by atoms with Gasteiger partial charge in [-0.1, -0.05) is 11.6 Å². The second kappa shape index (κ2) is 6.21. The number of likely N-dealkylation sites (tertiary alicyclic amines) is 1. The number of carbonyl (C=O) groups is 1. The van der Waals surface area contributed by atoms with Crippen LogP contribution in [0.3, 0.4) is 0 Å². The van der Waals surface area contributed by atoms with Crippen molar-refractivity contribution in [3.05, 3.63) is 23.0 Å². The highest BCUT2D eigenvalue weighted by Gasteiger charge is 2.18. The van der Waals surface area contributed by atoms with Crippen LogP contribution < -0.4 is 5.73 Å². The van der Waals surface area contributed by atoms with E-state index in [9.17, 15) is 4.79 Å². The third kappa shape index (κ3) is 3.58. The molecule has 0 spiro atoms. The maximum absolute atomic E-state index is 12.2. The molecule has 5 nitrogen and oxygen atoms in total. The Kier molecular flexibility index (Phi) is 4.61. The van der Waals surface area contributed by atoms with Crippen molar-refractivity contribution in [3.63, 3.8) is 0 Å². The Hall–Kier alpha value is -1.33. The molecule has 1 aromatic rings. The highest BCUT2D eigenvalue weighted by Crippen LogP contribution is 2.17. The van der Waals surface area contributed by atoms with E-state index >= 15 is 0 Å². The number of likely N-dealkylation sites (N-methyl/N-ethyl adjacent to an activating group) is 1. The smallest absolute Gasteiger partial charge is 0.256 e. The molecular formula is C13H19ClN4O. The lowest BCUT2D eigenvalue weighted by Crippen LogP contribution is -2.35. The third-order valence-electron chi connectivity index (χ3n) is 3.39. The van der Waals surface area contributed by atoms with E-state index in [1.807, 2.05) is 0 Å². The summed E-state index contributed by atoms with van der Waals surface area (Å²) in [5, 5.41) is 0.201. The number of nitrogens with zero attached hydrogens (tertiary/aromatic N) is 3. The molecular weight excluding hydrogens is 264 g/mol. The first-order valence-electron chi connectivity index (χ1n) is 6.47. The van der Waals surface area contributed by atoms with Gasteiger partial charge in [-0.3, -0.25) is 4.79 Å². The van der Waals surface area contributed by atoms with Gasteiger partial charge >= 0.3 is 0 Å². The first-order chi connectivity index (χ1) is 9.08. The van der Waals surface area contributed by atoms with Crippen molar-refractivity contribution in [2.24, 2.45) is 0 Å². The standard InChI is InChI=1S/C13H19ClN4O/c1-17(6-7-18-4-2-3-5-18)13(19)11-8-10(15)9-16-12(11)14/h8-9H,2-7,15H2,1H3. The molecule has 0 aliphatic carbocycles. The van der Waals surface area contributed by atoms with E-state index in [0.29, 0.717) is 17.8 Å². The van der Waals surface area contributed by atoms with Crippen molar-refractivity contribution in [1.29, 1.82) is 0 Å². The molecule has 0 aromatic carbocycles. The van der Waals surface area contributed by atoms with Crippen LogP contribution in [0.25, 0.3) is 0 Å². The van der Waals surface area contributed by atoms with Gasteiger partial charge in [-0.15, -0.1) is 0 Å². The van der Waals surface area contributed by atoms with E-state index in [0.717, 1.165) is 19.6 Å². The lowest BCUT2D eigenvalue weighted by molar-refractivity contribution is 0.0782. The molecule has 6 heteroatoms. The highest BCUT2D eigenvalue weighted by atomic mass is 35.5. The summed E-state index contributed by atoms with van der Waals surface area (Å²) in [6.45, 7) is 3.84. The van der Waals surface area contributed by atoms with E-state index < -0.39 is 0 Å². The van der Waals surface area contributed by atoms with E-state index in [-0.39, 0.29) is 11.1 Å². The van der Waals surface area contributed by atoms with E-state index in [2.05, 4.69) is 9.88 Å². The number of pyridine rings is 1. The van der Waals surface area contributed by atoms with Crippen LogP contribution >= 0.6 is 11.6 Å². The van der Waals surface area contributed by atoms with Crippen molar-refractivity contribution >= 4 is 23.2 Å². The number of carbonyl (C=O) groups excluding carboxylic acids is 1. The normalized spacial score (nSPS) is 15.7. The number of anilines is 1. The number of halogens is 1. The number of hydrogen-bond donors (Lipinski definition) is 1. The summed E-state index contributed by atoms with van der Waals surface area (Å²) in [5.74, 6) is -0.135. The quantitative estimate of drug-likeness (QED) is 0.850. The van der Waals surface area contributed by atoms with Crippen LogP contribution in [-0.2, 0) is 0 Å². The summed E-state index contributed by atoms with van der Waals surface area (Å²) in [6.07, 6.45) is 3.95. The Morgan fingerprint density at radius 2 is 2.21 bits per heavy atom. The molecule has 1 aliphatic heterocycles. The van der Waals surface area contributed by atoms with Crippen LogP contribution in [0.4, 0.5) is 5.69 Å². The summed E-state index contributed by atoms with van der Waals surface area (Å²) in [5.41, 5.74) is 6.45. The molecule has 2 heterocycles. The van der Waals surface area contributed by atoms with Crippen LogP contribution in [0.5, 0.6) is 0 Å². The van der Waals surface area contributed by atoms with Crippen molar-refractivity contribution in [3.8, 4) is 0 Å². The van der Waals surface area contributed by atoms with Crippen LogP contribution in [0.1, 0.15) is 23.2 Å². The van der Waals surface area contributed by atoms with Gasteiger partial charge in [0.1, 0.15) is 5.15 Å². The Bertz CT molecular complexity index is 460. The summed E-state index contributed by atoms with van der Waals surface area (Å²) in [6, 6.07) is 1.57. The summed E-state index contributed by atoms with van der Waals surface area (Å²) < 4.78 is 0. The van der Waals surface area contributed by atoms with E-state index in [1.54, 1.807) is 18.0 Å². The van der Waals surface area contributed by atoms with Gasteiger partial charge in [0.2, 0.25) is 0 Å². The monoisotopic (exact) mass is 282 g/mol. The third-order valence-corrected chi connectivity index (χ3v) is 3.69. The van der Waals surface area contributed by atoms with Gasteiger partial charge in [0.25, 0.3) is 5.91 Å². The fourth-order valence-electron chi connectivity index (χ4n) is 2.22. The zero-order chi connectivity index (χ0) is 13.8. The molecule has 1 aromatic heterocycles. The molecule has 1 amide bonds. The fourth-order valence-corrected chi connectivity index (χ4v) is 2.40. The van der Waals surface area contributed by atoms with Gasteiger partial charge in [0.15, 0.2) is 0 Å². The molecule has 0 atom stereocenters. The molecule has 0 bridgehead atoms. The molecule has 2 N–H and O–H groups in total. The van der Waals surface area contributed by atoms with E-state index in [1.165, 1.54) is 19.0 Å². The van der Waals surface area contributed by atoms with Crippen LogP contribution in [0.2, 0.25) is 5.15 Å². The first kappa shape index (κ1) is 14.1. The van der Waals surface area contributed by atoms with Crippen LogP contribution in [-0.4, -0.2) is 53.9 Å². The van der Waals surface area contributed by atoms with Crippen LogP contribution in [0.15, 0.2) is 12.3 Å². The number of aromatic nitrogens is 1. The number of hydrogen-bond acceptors (Lipinski definition) is 4. The maximum Gasteiger partial charge on any atom is 0.256 e. The van der Waals surface area contributed by atoms with E-state index in [4.69, 9.17) is 17.3 Å². The lowest BCUT2D eigenvalue weighted by atomic mass is 10.2. The molecule has 0 radical (unpaired) electrons. The predicted octanol–water partition coefficient (Wildman–Crippen LogP) is 1.48. The number of amides is 1. The molecule has 0 saturated carbocycles. The minimum atomic E-state index is -0.135. The maximum atomic E-state index is 12.2. The average molecular weight is 283 g/mol. The molecule has 1 fully saturated rings. The summed E-state index contributed by atoms with van der Waals surface area (Å²) >= 11 is 5.94. The number of nitrogen functional groups attached to an aromatic ring is 1. The molecule has 2 rings (SSSR count). The second-order valence-corrected chi connectivity index (χ2v) is 5.24. The number of rotatable bonds is 4. The topological polar surface area (TPSA) is 62.5 Å². The lowest BCUT2D eigenvalue weighted by Gasteiger charge is -2.21. The van der Waals surface area contributed by atoms with Crippen LogP contribution in [0, 0.1) is 0 Å². The van der Waals surface area contributed by atoms with Gasteiger partial charge in [0.05, 0.1) is 17.4 Å². The van der Waals surface area contributed by atoms with Gasteiger partial charge in [-0.2, -0.15) is 0 Å².